The van der Waals surface area contributed by atoms with E-state index in [1.165, 1.54) is 31.4 Å². The topological polar surface area (TPSA) is 110 Å². The first-order valence-electron chi connectivity index (χ1n) is 9.00. The van der Waals surface area contributed by atoms with Crippen molar-refractivity contribution in [3.05, 3.63) is 63.7 Å². The molecule has 160 valence electrons. The SMILES string of the molecule is COc1cc(Cl)ccc1S(=O)(=O)NC(c1nn[nH]n1)C(C)c1c(F)ccc(C)c1C. The molecule has 1 heterocycles. The van der Waals surface area contributed by atoms with Crippen molar-refractivity contribution in [3.8, 4) is 5.75 Å². The van der Waals surface area contributed by atoms with Gasteiger partial charge in [0.05, 0.1) is 13.2 Å². The van der Waals surface area contributed by atoms with Gasteiger partial charge in [0, 0.05) is 17.0 Å². The molecule has 0 saturated heterocycles. The predicted molar refractivity (Wildman–Crippen MR) is 110 cm³/mol. The van der Waals surface area contributed by atoms with Crippen molar-refractivity contribution in [1.82, 2.24) is 25.3 Å². The number of hydrogen-bond donors (Lipinski definition) is 2. The molecule has 0 fully saturated rings. The molecule has 30 heavy (non-hydrogen) atoms. The number of aromatic nitrogens is 4. The Hall–Kier alpha value is -2.56. The fourth-order valence-corrected chi connectivity index (χ4v) is 4.89. The Kier molecular flexibility index (Phi) is 6.39. The Morgan fingerprint density at radius 1 is 1.23 bits per heavy atom. The van der Waals surface area contributed by atoms with Crippen LogP contribution in [-0.4, -0.2) is 36.2 Å². The molecule has 0 saturated carbocycles. The molecule has 0 aliphatic heterocycles. The summed E-state index contributed by atoms with van der Waals surface area (Å²) in [5.41, 5.74) is 1.97. The largest absolute Gasteiger partial charge is 0.495 e. The summed E-state index contributed by atoms with van der Waals surface area (Å²) in [6.45, 7) is 5.35. The number of H-pyrrole nitrogens is 1. The molecule has 2 aromatic carbocycles. The Morgan fingerprint density at radius 2 is 1.97 bits per heavy atom. The van der Waals surface area contributed by atoms with Gasteiger partial charge in [-0.05, 0) is 48.7 Å². The van der Waals surface area contributed by atoms with Crippen LogP contribution in [0.15, 0.2) is 35.2 Å². The van der Waals surface area contributed by atoms with Crippen molar-refractivity contribution in [3.63, 3.8) is 0 Å². The first kappa shape index (κ1) is 22.1. The first-order valence-corrected chi connectivity index (χ1v) is 10.9. The van der Waals surface area contributed by atoms with Gasteiger partial charge in [-0.3, -0.25) is 0 Å². The van der Waals surface area contributed by atoms with Crippen molar-refractivity contribution >= 4 is 21.6 Å². The Morgan fingerprint density at radius 3 is 2.60 bits per heavy atom. The Bertz CT molecular complexity index is 1160. The molecule has 1 aromatic heterocycles. The van der Waals surface area contributed by atoms with Crippen molar-refractivity contribution < 1.29 is 17.5 Å². The third-order valence-electron chi connectivity index (χ3n) is 5.03. The Balaban J connectivity index is 2.08. The number of halogens is 2. The highest BCUT2D eigenvalue weighted by atomic mass is 35.5. The summed E-state index contributed by atoms with van der Waals surface area (Å²) in [5, 5.41) is 14.0. The van der Waals surface area contributed by atoms with Crippen LogP contribution < -0.4 is 9.46 Å². The second kappa shape index (κ2) is 8.66. The summed E-state index contributed by atoms with van der Waals surface area (Å²) in [6.07, 6.45) is 0. The molecule has 0 aliphatic carbocycles. The number of ether oxygens (including phenoxy) is 1. The average Bonchev–Trinajstić information content (AvgIpc) is 3.23. The third-order valence-corrected chi connectivity index (χ3v) is 6.74. The van der Waals surface area contributed by atoms with Crippen LogP contribution in [0.3, 0.4) is 0 Å². The van der Waals surface area contributed by atoms with Crippen molar-refractivity contribution in [2.75, 3.05) is 7.11 Å². The van der Waals surface area contributed by atoms with Crippen LogP contribution >= 0.6 is 11.6 Å². The van der Waals surface area contributed by atoms with Crippen LogP contribution in [0.25, 0.3) is 0 Å². The highest BCUT2D eigenvalue weighted by Gasteiger charge is 2.33. The van der Waals surface area contributed by atoms with E-state index in [4.69, 9.17) is 16.3 Å². The maximum Gasteiger partial charge on any atom is 0.244 e. The molecule has 8 nitrogen and oxygen atoms in total. The van der Waals surface area contributed by atoms with Crippen LogP contribution in [0.4, 0.5) is 4.39 Å². The standard InChI is InChI=1S/C19H21ClFN5O3S/c1-10-5-7-14(21)17(11(10)2)12(3)18(19-22-25-26-23-19)24-30(27,28)16-8-6-13(20)9-15(16)29-4/h5-9,12,18,24H,1-4H3,(H,22,23,25,26). The lowest BCUT2D eigenvalue weighted by Crippen LogP contribution is -2.33. The van der Waals surface area contributed by atoms with Crippen LogP contribution in [0.1, 0.15) is 41.4 Å². The monoisotopic (exact) mass is 453 g/mol. The first-order chi connectivity index (χ1) is 14.2. The normalized spacial score (nSPS) is 13.8. The zero-order valence-electron chi connectivity index (χ0n) is 16.8. The van der Waals surface area contributed by atoms with E-state index in [9.17, 15) is 12.8 Å². The molecular weight excluding hydrogens is 433 g/mol. The number of sulfonamides is 1. The quantitative estimate of drug-likeness (QED) is 0.567. The molecular formula is C19H21ClFN5O3S. The summed E-state index contributed by atoms with van der Waals surface area (Å²) in [5.74, 6) is -0.926. The number of nitrogens with one attached hydrogen (secondary N) is 2. The number of hydrogen-bond acceptors (Lipinski definition) is 6. The number of methoxy groups -OCH3 is 1. The molecule has 2 N–H and O–H groups in total. The second-order valence-corrected chi connectivity index (χ2v) is 8.97. The van der Waals surface area contributed by atoms with Gasteiger partial charge >= 0.3 is 0 Å². The van der Waals surface area contributed by atoms with Crippen LogP contribution in [-0.2, 0) is 10.0 Å². The van der Waals surface area contributed by atoms with Gasteiger partial charge in [0.15, 0.2) is 5.82 Å². The molecule has 0 amide bonds. The van der Waals surface area contributed by atoms with Gasteiger partial charge in [-0.2, -0.15) is 9.94 Å². The average molecular weight is 454 g/mol. The number of aryl methyl sites for hydroxylation is 1. The molecule has 3 rings (SSSR count). The number of benzene rings is 2. The minimum absolute atomic E-state index is 0.0763. The predicted octanol–water partition coefficient (Wildman–Crippen LogP) is 3.44. The van der Waals surface area contributed by atoms with Crippen molar-refractivity contribution in [2.24, 2.45) is 0 Å². The summed E-state index contributed by atoms with van der Waals surface area (Å²) < 4.78 is 48.8. The zero-order chi connectivity index (χ0) is 22.1. The summed E-state index contributed by atoms with van der Waals surface area (Å²) in [6, 6.07) is 6.21. The van der Waals surface area contributed by atoms with E-state index < -0.39 is 27.8 Å². The molecule has 0 aliphatic rings. The minimum Gasteiger partial charge on any atom is -0.495 e. The molecule has 11 heteroatoms. The molecule has 0 spiro atoms. The maximum atomic E-state index is 14.7. The van der Waals surface area contributed by atoms with Gasteiger partial charge in [0.25, 0.3) is 0 Å². The molecule has 2 unspecified atom stereocenters. The lowest BCUT2D eigenvalue weighted by Gasteiger charge is -2.25. The lowest BCUT2D eigenvalue weighted by molar-refractivity contribution is 0.401. The molecule has 0 radical (unpaired) electrons. The van der Waals surface area contributed by atoms with Gasteiger partial charge < -0.3 is 4.74 Å². The van der Waals surface area contributed by atoms with E-state index >= 15 is 0 Å². The smallest absolute Gasteiger partial charge is 0.244 e. The van der Waals surface area contributed by atoms with Gasteiger partial charge in [-0.15, -0.1) is 10.2 Å². The highest BCUT2D eigenvalue weighted by Crippen LogP contribution is 2.36. The van der Waals surface area contributed by atoms with Crippen LogP contribution in [0, 0.1) is 19.7 Å². The van der Waals surface area contributed by atoms with E-state index in [1.54, 1.807) is 19.9 Å². The molecule has 0 bridgehead atoms. The van der Waals surface area contributed by atoms with Gasteiger partial charge in [-0.25, -0.2) is 12.8 Å². The fourth-order valence-electron chi connectivity index (χ4n) is 3.30. The summed E-state index contributed by atoms with van der Waals surface area (Å²) in [4.78, 5) is -0.114. The van der Waals surface area contributed by atoms with Gasteiger partial charge in [0.1, 0.15) is 16.5 Å². The summed E-state index contributed by atoms with van der Waals surface area (Å²) in [7, 11) is -2.77. The number of aromatic amines is 1. The highest BCUT2D eigenvalue weighted by molar-refractivity contribution is 7.89. The second-order valence-electron chi connectivity index (χ2n) is 6.86. The van der Waals surface area contributed by atoms with Crippen LogP contribution in [0.5, 0.6) is 5.75 Å². The number of nitrogens with zero attached hydrogens (tertiary/aromatic N) is 3. The van der Waals surface area contributed by atoms with Gasteiger partial charge in [0.2, 0.25) is 10.0 Å². The van der Waals surface area contributed by atoms with Crippen LogP contribution in [0.2, 0.25) is 5.02 Å². The fraction of sp³-hybridized carbons (Fsp3) is 0.316. The maximum absolute atomic E-state index is 14.7. The van der Waals surface area contributed by atoms with Crippen molar-refractivity contribution in [1.29, 1.82) is 0 Å². The van der Waals surface area contributed by atoms with Gasteiger partial charge in [-0.1, -0.05) is 29.8 Å². The van der Waals surface area contributed by atoms with E-state index in [1.807, 2.05) is 6.92 Å². The number of tetrazole rings is 1. The van der Waals surface area contributed by atoms with E-state index in [2.05, 4.69) is 25.3 Å². The molecule has 2 atom stereocenters. The van der Waals surface area contributed by atoms with Crippen molar-refractivity contribution in [2.45, 2.75) is 37.6 Å². The zero-order valence-corrected chi connectivity index (χ0v) is 18.3. The lowest BCUT2D eigenvalue weighted by atomic mass is 9.88. The third kappa shape index (κ3) is 4.30. The molecule has 3 aromatic rings. The van der Waals surface area contributed by atoms with E-state index in [-0.39, 0.29) is 16.5 Å². The Labute approximate surface area is 178 Å². The van der Waals surface area contributed by atoms with E-state index in [0.717, 1.165) is 11.1 Å². The van der Waals surface area contributed by atoms with E-state index in [0.29, 0.717) is 10.6 Å². The minimum atomic E-state index is -4.11. The number of rotatable bonds is 7. The summed E-state index contributed by atoms with van der Waals surface area (Å²) >= 11 is 5.94.